The third kappa shape index (κ3) is 4.45. The van der Waals surface area contributed by atoms with Gasteiger partial charge in [-0.2, -0.15) is 0 Å². The summed E-state index contributed by atoms with van der Waals surface area (Å²) in [6, 6.07) is 4.86. The molecule has 3 N–H and O–H groups in total. The summed E-state index contributed by atoms with van der Waals surface area (Å²) in [6.45, 7) is -0.179. The van der Waals surface area contributed by atoms with Crippen LogP contribution in [0.5, 0.6) is 5.75 Å². The number of halogens is 2. The van der Waals surface area contributed by atoms with Crippen LogP contribution in [0.3, 0.4) is 0 Å². The van der Waals surface area contributed by atoms with E-state index in [4.69, 9.17) is 10.5 Å². The van der Waals surface area contributed by atoms with Crippen molar-refractivity contribution in [3.63, 3.8) is 0 Å². The van der Waals surface area contributed by atoms with Crippen LogP contribution in [0.4, 0.5) is 4.39 Å². The van der Waals surface area contributed by atoms with E-state index in [-0.39, 0.29) is 30.3 Å². The third-order valence-electron chi connectivity index (χ3n) is 3.39. The maximum atomic E-state index is 13.5. The van der Waals surface area contributed by atoms with Crippen LogP contribution < -0.4 is 15.8 Å². The molecule has 1 aromatic rings. The number of rotatable bonds is 4. The highest BCUT2D eigenvalue weighted by Gasteiger charge is 2.20. The van der Waals surface area contributed by atoms with Crippen molar-refractivity contribution in [1.29, 1.82) is 0 Å². The number of hydrogen-bond acceptors (Lipinski definition) is 3. The fraction of sp³-hybridized carbons (Fsp3) is 0.500. The molecule has 0 spiro atoms. The SMILES string of the molecule is NC1CCC(NC(=O)COc2ccc(Br)cc2F)CC1. The molecule has 0 aromatic heterocycles. The second-order valence-corrected chi connectivity index (χ2v) is 5.96. The Labute approximate surface area is 126 Å². The molecule has 2 rings (SSSR count). The van der Waals surface area contributed by atoms with E-state index in [0.717, 1.165) is 25.7 Å². The second-order valence-electron chi connectivity index (χ2n) is 5.04. The Hall–Kier alpha value is -1.14. The van der Waals surface area contributed by atoms with Crippen molar-refractivity contribution in [2.75, 3.05) is 6.61 Å². The van der Waals surface area contributed by atoms with Crippen molar-refractivity contribution in [2.24, 2.45) is 5.73 Å². The van der Waals surface area contributed by atoms with E-state index in [1.165, 1.54) is 12.1 Å². The molecule has 110 valence electrons. The summed E-state index contributed by atoms with van der Waals surface area (Å²) in [5, 5.41) is 2.89. The first kappa shape index (κ1) is 15.3. The largest absolute Gasteiger partial charge is 0.481 e. The molecular formula is C14H18BrFN2O2. The highest BCUT2D eigenvalue weighted by molar-refractivity contribution is 9.10. The molecule has 1 aliphatic carbocycles. The summed E-state index contributed by atoms with van der Waals surface area (Å²) in [4.78, 5) is 11.7. The lowest BCUT2D eigenvalue weighted by atomic mass is 9.92. The van der Waals surface area contributed by atoms with Crippen LogP contribution in [-0.4, -0.2) is 24.6 Å². The van der Waals surface area contributed by atoms with Gasteiger partial charge in [0.25, 0.3) is 5.91 Å². The zero-order chi connectivity index (χ0) is 14.5. The van der Waals surface area contributed by atoms with E-state index in [0.29, 0.717) is 4.47 Å². The van der Waals surface area contributed by atoms with Gasteiger partial charge in [-0.1, -0.05) is 15.9 Å². The molecule has 0 unspecified atom stereocenters. The molecule has 20 heavy (non-hydrogen) atoms. The lowest BCUT2D eigenvalue weighted by Gasteiger charge is -2.26. The number of benzene rings is 1. The first-order chi connectivity index (χ1) is 9.54. The molecule has 0 radical (unpaired) electrons. The predicted octanol–water partition coefficient (Wildman–Crippen LogP) is 2.35. The van der Waals surface area contributed by atoms with Gasteiger partial charge in [0, 0.05) is 16.6 Å². The molecule has 1 fully saturated rings. The van der Waals surface area contributed by atoms with Gasteiger partial charge in [-0.25, -0.2) is 4.39 Å². The Morgan fingerprint density at radius 2 is 2.10 bits per heavy atom. The average Bonchev–Trinajstić information content (AvgIpc) is 2.40. The van der Waals surface area contributed by atoms with Crippen LogP contribution in [0.15, 0.2) is 22.7 Å². The number of ether oxygens (including phenoxy) is 1. The smallest absolute Gasteiger partial charge is 0.258 e. The molecule has 1 aliphatic rings. The highest BCUT2D eigenvalue weighted by atomic mass is 79.9. The van der Waals surface area contributed by atoms with Crippen LogP contribution >= 0.6 is 15.9 Å². The first-order valence-electron chi connectivity index (χ1n) is 6.67. The van der Waals surface area contributed by atoms with Crippen molar-refractivity contribution in [3.05, 3.63) is 28.5 Å². The van der Waals surface area contributed by atoms with Gasteiger partial charge in [0.2, 0.25) is 0 Å². The molecule has 1 aromatic carbocycles. The maximum absolute atomic E-state index is 13.5. The maximum Gasteiger partial charge on any atom is 0.258 e. The summed E-state index contributed by atoms with van der Waals surface area (Å²) in [6.07, 6.45) is 3.62. The van der Waals surface area contributed by atoms with Gasteiger partial charge in [0.05, 0.1) is 0 Å². The topological polar surface area (TPSA) is 64.3 Å². The van der Waals surface area contributed by atoms with Gasteiger partial charge in [-0.3, -0.25) is 4.79 Å². The molecule has 6 heteroatoms. The molecule has 0 bridgehead atoms. The molecule has 0 heterocycles. The van der Waals surface area contributed by atoms with Crippen molar-refractivity contribution in [2.45, 2.75) is 37.8 Å². The van der Waals surface area contributed by atoms with Gasteiger partial charge >= 0.3 is 0 Å². The molecule has 0 saturated heterocycles. The van der Waals surface area contributed by atoms with Gasteiger partial charge in [0.1, 0.15) is 0 Å². The molecule has 4 nitrogen and oxygen atoms in total. The van der Waals surface area contributed by atoms with E-state index >= 15 is 0 Å². The lowest BCUT2D eigenvalue weighted by Crippen LogP contribution is -2.42. The van der Waals surface area contributed by atoms with Crippen LogP contribution in [0.25, 0.3) is 0 Å². The van der Waals surface area contributed by atoms with E-state index in [9.17, 15) is 9.18 Å². The number of hydrogen-bond donors (Lipinski definition) is 2. The minimum atomic E-state index is -0.490. The quantitative estimate of drug-likeness (QED) is 0.881. The molecule has 0 aliphatic heterocycles. The average molecular weight is 345 g/mol. The molecule has 0 atom stereocenters. The van der Waals surface area contributed by atoms with E-state index in [2.05, 4.69) is 21.2 Å². The van der Waals surface area contributed by atoms with Crippen LogP contribution in [0.1, 0.15) is 25.7 Å². The minimum absolute atomic E-state index is 0.0778. The number of nitrogens with one attached hydrogen (secondary N) is 1. The fourth-order valence-electron chi connectivity index (χ4n) is 2.27. The van der Waals surface area contributed by atoms with Crippen LogP contribution in [-0.2, 0) is 4.79 Å². The Kier molecular flexibility index (Phi) is 5.37. The summed E-state index contributed by atoms with van der Waals surface area (Å²) in [7, 11) is 0. The Morgan fingerprint density at radius 3 is 2.75 bits per heavy atom. The van der Waals surface area contributed by atoms with Crippen molar-refractivity contribution in [1.82, 2.24) is 5.32 Å². The fourth-order valence-corrected chi connectivity index (χ4v) is 2.60. The molecule has 1 saturated carbocycles. The Bertz CT molecular complexity index is 476. The minimum Gasteiger partial charge on any atom is -0.481 e. The summed E-state index contributed by atoms with van der Waals surface area (Å²) >= 11 is 3.16. The van der Waals surface area contributed by atoms with E-state index in [1.54, 1.807) is 6.07 Å². The number of amides is 1. The van der Waals surface area contributed by atoms with Crippen molar-refractivity contribution in [3.8, 4) is 5.75 Å². The zero-order valence-corrected chi connectivity index (χ0v) is 12.7. The standard InChI is InChI=1S/C14H18BrFN2O2/c15-9-1-6-13(12(16)7-9)20-8-14(19)18-11-4-2-10(17)3-5-11/h1,6-7,10-11H,2-5,8,17H2,(H,18,19). The summed E-state index contributed by atoms with van der Waals surface area (Å²) < 4.78 is 19.3. The van der Waals surface area contributed by atoms with Crippen LogP contribution in [0, 0.1) is 5.82 Å². The van der Waals surface area contributed by atoms with Gasteiger partial charge < -0.3 is 15.8 Å². The second kappa shape index (κ2) is 7.04. The summed E-state index contributed by atoms with van der Waals surface area (Å²) in [5.74, 6) is -0.641. The van der Waals surface area contributed by atoms with Crippen molar-refractivity contribution < 1.29 is 13.9 Å². The van der Waals surface area contributed by atoms with Gasteiger partial charge in [0.15, 0.2) is 18.2 Å². The lowest BCUT2D eigenvalue weighted by molar-refractivity contribution is -0.124. The first-order valence-corrected chi connectivity index (χ1v) is 7.46. The monoisotopic (exact) mass is 344 g/mol. The van der Waals surface area contributed by atoms with Crippen LogP contribution in [0.2, 0.25) is 0 Å². The third-order valence-corrected chi connectivity index (χ3v) is 3.88. The Balaban J connectivity index is 1.77. The number of nitrogens with two attached hydrogens (primary N) is 1. The highest BCUT2D eigenvalue weighted by Crippen LogP contribution is 2.21. The van der Waals surface area contributed by atoms with Crippen molar-refractivity contribution >= 4 is 21.8 Å². The summed E-state index contributed by atoms with van der Waals surface area (Å²) in [5.41, 5.74) is 5.81. The van der Waals surface area contributed by atoms with Gasteiger partial charge in [-0.15, -0.1) is 0 Å². The normalized spacial score (nSPS) is 22.4. The predicted molar refractivity (Wildman–Crippen MR) is 78.0 cm³/mol. The van der Waals surface area contributed by atoms with E-state index in [1.807, 2.05) is 0 Å². The molecule has 1 amide bonds. The Morgan fingerprint density at radius 1 is 1.40 bits per heavy atom. The number of carbonyl (C=O) groups is 1. The van der Waals surface area contributed by atoms with E-state index < -0.39 is 5.82 Å². The van der Waals surface area contributed by atoms with Gasteiger partial charge in [-0.05, 0) is 43.9 Å². The number of carbonyl (C=O) groups excluding carboxylic acids is 1. The zero-order valence-electron chi connectivity index (χ0n) is 11.1. The molecular weight excluding hydrogens is 327 g/mol.